The van der Waals surface area contributed by atoms with Crippen molar-refractivity contribution >= 4 is 0 Å². The molecule has 0 fully saturated rings. The Kier molecular flexibility index (Phi) is 8.46. The lowest BCUT2D eigenvalue weighted by molar-refractivity contribution is -0.0105. The summed E-state index contributed by atoms with van der Waals surface area (Å²) in [4.78, 5) is 0. The van der Waals surface area contributed by atoms with Crippen molar-refractivity contribution in [1.29, 1.82) is 0 Å². The molecule has 0 aliphatic rings. The maximum atomic E-state index is 10.5. The highest BCUT2D eigenvalue weighted by Crippen LogP contribution is 2.23. The maximum Gasteiger partial charge on any atom is 0.104 e. The van der Waals surface area contributed by atoms with E-state index in [2.05, 4.69) is 6.92 Å². The number of aliphatic hydroxyl groups is 1. The first-order valence-corrected chi connectivity index (χ1v) is 7.36. The van der Waals surface area contributed by atoms with Crippen LogP contribution in [0.4, 0.5) is 0 Å². The van der Waals surface area contributed by atoms with Crippen molar-refractivity contribution in [2.24, 2.45) is 5.73 Å². The van der Waals surface area contributed by atoms with Gasteiger partial charge < -0.3 is 20.3 Å². The van der Waals surface area contributed by atoms with E-state index in [0.29, 0.717) is 26.2 Å². The summed E-state index contributed by atoms with van der Waals surface area (Å²) in [6, 6.07) is 9.50. The summed E-state index contributed by atoms with van der Waals surface area (Å²) in [7, 11) is 0. The first kappa shape index (κ1) is 17.1. The van der Waals surface area contributed by atoms with Gasteiger partial charge in [0, 0.05) is 26.2 Å². The number of ether oxygens (including phenoxy) is 2. The minimum atomic E-state index is -1.01. The van der Waals surface area contributed by atoms with Gasteiger partial charge in [0.2, 0.25) is 0 Å². The highest BCUT2D eigenvalue weighted by atomic mass is 16.5. The van der Waals surface area contributed by atoms with E-state index >= 15 is 0 Å². The van der Waals surface area contributed by atoms with Gasteiger partial charge in [-0.25, -0.2) is 0 Å². The fourth-order valence-corrected chi connectivity index (χ4v) is 1.92. The third-order valence-electron chi connectivity index (χ3n) is 3.32. The molecule has 0 aliphatic carbocycles. The topological polar surface area (TPSA) is 64.7 Å². The van der Waals surface area contributed by atoms with Gasteiger partial charge in [0.1, 0.15) is 5.60 Å². The lowest BCUT2D eigenvalue weighted by atomic mass is 9.91. The standard InChI is InChI=1S/C16H27NO3/c1-2-3-10-19-12-13-20-11-9-16(18,14-17)15-7-5-4-6-8-15/h4-8,18H,2-3,9-14,17H2,1H3. The lowest BCUT2D eigenvalue weighted by Crippen LogP contribution is -2.36. The number of rotatable bonds is 11. The van der Waals surface area contributed by atoms with Crippen LogP contribution in [-0.2, 0) is 15.1 Å². The van der Waals surface area contributed by atoms with Gasteiger partial charge in [-0.3, -0.25) is 0 Å². The molecule has 0 amide bonds. The van der Waals surface area contributed by atoms with E-state index < -0.39 is 5.60 Å². The Labute approximate surface area is 121 Å². The van der Waals surface area contributed by atoms with E-state index in [9.17, 15) is 5.11 Å². The van der Waals surface area contributed by atoms with Crippen molar-refractivity contribution in [2.45, 2.75) is 31.8 Å². The molecule has 0 spiro atoms. The molecule has 114 valence electrons. The Morgan fingerprint density at radius 2 is 1.70 bits per heavy atom. The van der Waals surface area contributed by atoms with Crippen LogP contribution in [0.3, 0.4) is 0 Å². The molecular formula is C16H27NO3. The summed E-state index contributed by atoms with van der Waals surface area (Å²) in [5.74, 6) is 0. The van der Waals surface area contributed by atoms with E-state index in [1.165, 1.54) is 0 Å². The summed E-state index contributed by atoms with van der Waals surface area (Å²) in [5.41, 5.74) is 5.53. The Bertz CT molecular complexity index is 345. The molecule has 20 heavy (non-hydrogen) atoms. The summed E-state index contributed by atoms with van der Waals surface area (Å²) in [5, 5.41) is 10.5. The van der Waals surface area contributed by atoms with E-state index in [0.717, 1.165) is 25.0 Å². The van der Waals surface area contributed by atoms with E-state index in [-0.39, 0.29) is 6.54 Å². The molecule has 0 aromatic heterocycles. The minimum Gasteiger partial charge on any atom is -0.384 e. The fraction of sp³-hybridized carbons (Fsp3) is 0.625. The van der Waals surface area contributed by atoms with Gasteiger partial charge in [-0.05, 0) is 12.0 Å². The maximum absolute atomic E-state index is 10.5. The van der Waals surface area contributed by atoms with Crippen LogP contribution in [0.5, 0.6) is 0 Å². The Hall–Kier alpha value is -0.940. The van der Waals surface area contributed by atoms with Gasteiger partial charge in [-0.15, -0.1) is 0 Å². The smallest absolute Gasteiger partial charge is 0.104 e. The zero-order valence-electron chi connectivity index (χ0n) is 12.4. The summed E-state index contributed by atoms with van der Waals surface area (Å²) in [6.07, 6.45) is 2.71. The van der Waals surface area contributed by atoms with Crippen LogP contribution in [-0.4, -0.2) is 38.1 Å². The highest BCUT2D eigenvalue weighted by molar-refractivity contribution is 5.22. The van der Waals surface area contributed by atoms with Gasteiger partial charge in [0.05, 0.1) is 13.2 Å². The zero-order chi connectivity index (χ0) is 14.7. The molecular weight excluding hydrogens is 254 g/mol. The quantitative estimate of drug-likeness (QED) is 0.609. The van der Waals surface area contributed by atoms with Gasteiger partial charge in [-0.1, -0.05) is 43.7 Å². The van der Waals surface area contributed by atoms with Crippen molar-refractivity contribution in [1.82, 2.24) is 0 Å². The molecule has 1 atom stereocenters. The lowest BCUT2D eigenvalue weighted by Gasteiger charge is -2.27. The molecule has 1 aromatic carbocycles. The number of hydrogen-bond acceptors (Lipinski definition) is 4. The fourth-order valence-electron chi connectivity index (χ4n) is 1.92. The first-order chi connectivity index (χ1) is 9.73. The predicted molar refractivity (Wildman–Crippen MR) is 80.6 cm³/mol. The van der Waals surface area contributed by atoms with Gasteiger partial charge in [-0.2, -0.15) is 0 Å². The number of hydrogen-bond donors (Lipinski definition) is 2. The van der Waals surface area contributed by atoms with Gasteiger partial charge in [0.15, 0.2) is 0 Å². The molecule has 1 unspecified atom stereocenters. The van der Waals surface area contributed by atoms with Crippen LogP contribution >= 0.6 is 0 Å². The van der Waals surface area contributed by atoms with Crippen molar-refractivity contribution in [3.05, 3.63) is 35.9 Å². The summed E-state index contributed by atoms with van der Waals surface area (Å²) >= 11 is 0. The van der Waals surface area contributed by atoms with Crippen LogP contribution in [0.15, 0.2) is 30.3 Å². The second kappa shape index (κ2) is 9.88. The van der Waals surface area contributed by atoms with E-state index in [1.807, 2.05) is 30.3 Å². The Morgan fingerprint density at radius 3 is 2.30 bits per heavy atom. The van der Waals surface area contributed by atoms with Crippen LogP contribution < -0.4 is 5.73 Å². The van der Waals surface area contributed by atoms with Crippen LogP contribution in [0.1, 0.15) is 31.7 Å². The molecule has 0 aliphatic heterocycles. The molecule has 4 nitrogen and oxygen atoms in total. The van der Waals surface area contributed by atoms with Gasteiger partial charge >= 0.3 is 0 Å². The average molecular weight is 281 g/mol. The van der Waals surface area contributed by atoms with Crippen molar-refractivity contribution in [3.63, 3.8) is 0 Å². The van der Waals surface area contributed by atoms with Crippen molar-refractivity contribution in [2.75, 3.05) is 33.0 Å². The van der Waals surface area contributed by atoms with E-state index in [4.69, 9.17) is 15.2 Å². The zero-order valence-corrected chi connectivity index (χ0v) is 12.4. The molecule has 4 heteroatoms. The molecule has 0 saturated carbocycles. The molecule has 0 radical (unpaired) electrons. The van der Waals surface area contributed by atoms with Crippen molar-refractivity contribution < 1.29 is 14.6 Å². The number of nitrogens with two attached hydrogens (primary N) is 1. The van der Waals surface area contributed by atoms with Crippen LogP contribution in [0, 0.1) is 0 Å². The van der Waals surface area contributed by atoms with Crippen molar-refractivity contribution in [3.8, 4) is 0 Å². The molecule has 0 bridgehead atoms. The molecule has 0 heterocycles. The summed E-state index contributed by atoms with van der Waals surface area (Å²) in [6.45, 7) is 4.74. The Balaban J connectivity index is 2.22. The second-order valence-corrected chi connectivity index (χ2v) is 4.93. The third kappa shape index (κ3) is 6.01. The number of benzene rings is 1. The molecule has 3 N–H and O–H groups in total. The average Bonchev–Trinajstić information content (AvgIpc) is 2.50. The van der Waals surface area contributed by atoms with Crippen LogP contribution in [0.2, 0.25) is 0 Å². The largest absolute Gasteiger partial charge is 0.384 e. The third-order valence-corrected chi connectivity index (χ3v) is 3.32. The Morgan fingerprint density at radius 1 is 1.05 bits per heavy atom. The predicted octanol–water partition coefficient (Wildman–Crippen LogP) is 2.06. The molecule has 0 saturated heterocycles. The minimum absolute atomic E-state index is 0.188. The highest BCUT2D eigenvalue weighted by Gasteiger charge is 2.26. The van der Waals surface area contributed by atoms with Gasteiger partial charge in [0.25, 0.3) is 0 Å². The summed E-state index contributed by atoms with van der Waals surface area (Å²) < 4.78 is 10.9. The molecule has 1 rings (SSSR count). The monoisotopic (exact) mass is 281 g/mol. The SMILES string of the molecule is CCCCOCCOCCC(O)(CN)c1ccccc1. The normalized spacial score (nSPS) is 14.2. The van der Waals surface area contributed by atoms with Crippen LogP contribution in [0.25, 0.3) is 0 Å². The second-order valence-electron chi connectivity index (χ2n) is 4.93. The molecule has 1 aromatic rings. The first-order valence-electron chi connectivity index (χ1n) is 7.36. The number of unbranched alkanes of at least 4 members (excludes halogenated alkanes) is 1. The van der Waals surface area contributed by atoms with E-state index in [1.54, 1.807) is 0 Å².